The number of carbonyl (C=O) groups is 2. The fourth-order valence-electron chi connectivity index (χ4n) is 3.11. The Kier molecular flexibility index (Phi) is 4.57. The third kappa shape index (κ3) is 3.14. The van der Waals surface area contributed by atoms with E-state index in [1.54, 1.807) is 17.0 Å². The van der Waals surface area contributed by atoms with Crippen LogP contribution in [0.5, 0.6) is 0 Å². The molecule has 3 rings (SSSR count). The first-order valence-electron chi connectivity index (χ1n) is 7.79. The number of halogens is 1. The van der Waals surface area contributed by atoms with Crippen LogP contribution in [-0.2, 0) is 4.79 Å². The van der Waals surface area contributed by atoms with Crippen molar-refractivity contribution in [2.45, 2.75) is 13.3 Å². The van der Waals surface area contributed by atoms with Gasteiger partial charge in [-0.1, -0.05) is 36.7 Å². The van der Waals surface area contributed by atoms with Crippen LogP contribution >= 0.6 is 11.6 Å². The van der Waals surface area contributed by atoms with E-state index in [1.165, 1.54) is 0 Å². The highest BCUT2D eigenvalue weighted by Crippen LogP contribution is 2.28. The third-order valence-electron chi connectivity index (χ3n) is 4.47. The highest BCUT2D eigenvalue weighted by molar-refractivity contribution is 6.33. The number of hydrogen-bond acceptors (Lipinski definition) is 3. The molecule has 6 nitrogen and oxygen atoms in total. The van der Waals surface area contributed by atoms with E-state index >= 15 is 0 Å². The summed E-state index contributed by atoms with van der Waals surface area (Å²) < 4.78 is 0. The molecule has 2 heterocycles. The Hall–Kier alpha value is -2.34. The van der Waals surface area contributed by atoms with Gasteiger partial charge in [0.1, 0.15) is 5.69 Å². The predicted molar refractivity (Wildman–Crippen MR) is 89.8 cm³/mol. The van der Waals surface area contributed by atoms with Crippen LogP contribution in [0.2, 0.25) is 5.02 Å². The zero-order valence-corrected chi connectivity index (χ0v) is 14.0. The molecule has 126 valence electrons. The van der Waals surface area contributed by atoms with E-state index in [4.69, 9.17) is 11.6 Å². The number of carboxylic acids is 1. The van der Waals surface area contributed by atoms with E-state index in [0.717, 1.165) is 5.56 Å². The van der Waals surface area contributed by atoms with Gasteiger partial charge in [-0.3, -0.25) is 14.7 Å². The van der Waals surface area contributed by atoms with Gasteiger partial charge in [0.15, 0.2) is 0 Å². The summed E-state index contributed by atoms with van der Waals surface area (Å²) in [7, 11) is 0. The van der Waals surface area contributed by atoms with E-state index in [1.807, 2.05) is 25.1 Å². The first-order valence-corrected chi connectivity index (χ1v) is 8.17. The van der Waals surface area contributed by atoms with Gasteiger partial charge in [0.25, 0.3) is 5.91 Å². The molecule has 2 atom stereocenters. The lowest BCUT2D eigenvalue weighted by atomic mass is 9.87. The van der Waals surface area contributed by atoms with E-state index in [9.17, 15) is 14.7 Å². The van der Waals surface area contributed by atoms with Crippen molar-refractivity contribution >= 4 is 23.5 Å². The Balaban J connectivity index is 1.75. The summed E-state index contributed by atoms with van der Waals surface area (Å²) in [6.07, 6.45) is 0.466. The molecule has 1 aromatic carbocycles. The Labute approximate surface area is 144 Å². The quantitative estimate of drug-likeness (QED) is 0.893. The van der Waals surface area contributed by atoms with Gasteiger partial charge in [-0.2, -0.15) is 5.10 Å². The largest absolute Gasteiger partial charge is 0.481 e. The Morgan fingerprint density at radius 2 is 2.12 bits per heavy atom. The Morgan fingerprint density at radius 3 is 2.79 bits per heavy atom. The standard InChI is InChI=1S/C17H18ClN3O3/c1-10-9-21(7-6-11(10)17(23)24)16(22)15-8-14(19-20-15)12-4-2-3-5-13(12)18/h2-5,8,10-11H,6-7,9H2,1H3,(H,19,20)(H,23,24). The summed E-state index contributed by atoms with van der Waals surface area (Å²) in [6.45, 7) is 2.72. The number of piperidine rings is 1. The molecule has 1 aliphatic rings. The average molecular weight is 348 g/mol. The molecule has 0 saturated carbocycles. The summed E-state index contributed by atoms with van der Waals surface area (Å²) >= 11 is 6.16. The maximum absolute atomic E-state index is 12.6. The summed E-state index contributed by atoms with van der Waals surface area (Å²) in [5, 5.41) is 16.7. The van der Waals surface area contributed by atoms with Crippen molar-refractivity contribution in [3.63, 3.8) is 0 Å². The lowest BCUT2D eigenvalue weighted by Crippen LogP contribution is -2.45. The topological polar surface area (TPSA) is 86.3 Å². The minimum atomic E-state index is -0.794. The average Bonchev–Trinajstić information content (AvgIpc) is 3.03. The second kappa shape index (κ2) is 6.65. The van der Waals surface area contributed by atoms with Gasteiger partial charge in [0.2, 0.25) is 0 Å². The molecule has 0 radical (unpaired) electrons. The summed E-state index contributed by atoms with van der Waals surface area (Å²) in [4.78, 5) is 25.5. The van der Waals surface area contributed by atoms with Crippen LogP contribution in [0.4, 0.5) is 0 Å². The number of aromatic nitrogens is 2. The number of amides is 1. The molecule has 2 unspecified atom stereocenters. The summed E-state index contributed by atoms with van der Waals surface area (Å²) in [5.74, 6) is -1.44. The number of rotatable bonds is 3. The molecule has 2 N–H and O–H groups in total. The van der Waals surface area contributed by atoms with Crippen molar-refractivity contribution < 1.29 is 14.7 Å². The van der Waals surface area contributed by atoms with Crippen LogP contribution in [0, 0.1) is 11.8 Å². The van der Waals surface area contributed by atoms with E-state index in [-0.39, 0.29) is 11.8 Å². The molecule has 1 aliphatic heterocycles. The van der Waals surface area contributed by atoms with Crippen LogP contribution in [0.3, 0.4) is 0 Å². The number of carbonyl (C=O) groups excluding carboxylic acids is 1. The number of hydrogen-bond donors (Lipinski definition) is 2. The van der Waals surface area contributed by atoms with Crippen molar-refractivity contribution in [3.05, 3.63) is 41.0 Å². The molecule has 1 saturated heterocycles. The number of carboxylic acid groups (broad SMARTS) is 1. The fraction of sp³-hybridized carbons (Fsp3) is 0.353. The third-order valence-corrected chi connectivity index (χ3v) is 4.80. The molecular weight excluding hydrogens is 330 g/mol. The van der Waals surface area contributed by atoms with E-state index < -0.39 is 11.9 Å². The predicted octanol–water partition coefficient (Wildman–Crippen LogP) is 2.91. The van der Waals surface area contributed by atoms with Crippen molar-refractivity contribution in [3.8, 4) is 11.3 Å². The molecule has 2 aromatic rings. The van der Waals surface area contributed by atoms with Crippen molar-refractivity contribution in [2.75, 3.05) is 13.1 Å². The van der Waals surface area contributed by atoms with Crippen LogP contribution in [-0.4, -0.2) is 45.2 Å². The van der Waals surface area contributed by atoms with Crippen LogP contribution in [0.25, 0.3) is 11.3 Å². The zero-order chi connectivity index (χ0) is 17.3. The first kappa shape index (κ1) is 16.5. The SMILES string of the molecule is CC1CN(C(=O)c2cc(-c3ccccc3Cl)n[nH]2)CCC1C(=O)O. The minimum Gasteiger partial charge on any atom is -0.481 e. The smallest absolute Gasteiger partial charge is 0.306 e. The molecule has 1 aromatic heterocycles. The Bertz CT molecular complexity index is 774. The van der Waals surface area contributed by atoms with Gasteiger partial charge in [0, 0.05) is 18.7 Å². The number of aliphatic carboxylic acids is 1. The first-order chi connectivity index (χ1) is 11.5. The van der Waals surface area contributed by atoms with Crippen LogP contribution in [0.1, 0.15) is 23.8 Å². The van der Waals surface area contributed by atoms with Crippen LogP contribution < -0.4 is 0 Å². The van der Waals surface area contributed by atoms with Gasteiger partial charge in [-0.25, -0.2) is 0 Å². The second-order valence-corrected chi connectivity index (χ2v) is 6.52. The van der Waals surface area contributed by atoms with E-state index in [0.29, 0.717) is 35.9 Å². The summed E-state index contributed by atoms with van der Waals surface area (Å²) in [5.41, 5.74) is 1.75. The highest BCUT2D eigenvalue weighted by atomic mass is 35.5. The van der Waals surface area contributed by atoms with E-state index in [2.05, 4.69) is 10.2 Å². The van der Waals surface area contributed by atoms with Crippen molar-refractivity contribution in [1.29, 1.82) is 0 Å². The maximum atomic E-state index is 12.6. The second-order valence-electron chi connectivity index (χ2n) is 6.11. The van der Waals surface area contributed by atoms with Crippen molar-refractivity contribution in [2.24, 2.45) is 11.8 Å². The molecule has 1 amide bonds. The maximum Gasteiger partial charge on any atom is 0.306 e. The number of aromatic amines is 1. The van der Waals surface area contributed by atoms with Gasteiger partial charge in [-0.15, -0.1) is 0 Å². The Morgan fingerprint density at radius 1 is 1.38 bits per heavy atom. The number of benzene rings is 1. The zero-order valence-electron chi connectivity index (χ0n) is 13.2. The molecule has 0 spiro atoms. The van der Waals surface area contributed by atoms with Gasteiger partial charge < -0.3 is 10.0 Å². The number of nitrogens with one attached hydrogen (secondary N) is 1. The number of H-pyrrole nitrogens is 1. The summed E-state index contributed by atoms with van der Waals surface area (Å²) in [6, 6.07) is 8.98. The van der Waals surface area contributed by atoms with Crippen molar-refractivity contribution in [1.82, 2.24) is 15.1 Å². The normalized spacial score (nSPS) is 20.8. The lowest BCUT2D eigenvalue weighted by Gasteiger charge is -2.34. The molecular formula is C17H18ClN3O3. The molecule has 7 heteroatoms. The monoisotopic (exact) mass is 347 g/mol. The van der Waals surface area contributed by atoms with Gasteiger partial charge >= 0.3 is 5.97 Å². The number of nitrogens with zero attached hydrogens (tertiary/aromatic N) is 2. The fourth-order valence-corrected chi connectivity index (χ4v) is 3.34. The molecule has 0 bridgehead atoms. The highest BCUT2D eigenvalue weighted by Gasteiger charge is 2.33. The molecule has 1 fully saturated rings. The molecule has 24 heavy (non-hydrogen) atoms. The number of likely N-dealkylation sites (tertiary alicyclic amines) is 1. The van der Waals surface area contributed by atoms with Gasteiger partial charge in [0.05, 0.1) is 16.6 Å². The van der Waals surface area contributed by atoms with Crippen LogP contribution in [0.15, 0.2) is 30.3 Å². The lowest BCUT2D eigenvalue weighted by molar-refractivity contribution is -0.145. The molecule has 0 aliphatic carbocycles. The minimum absolute atomic E-state index is 0.0776. The van der Waals surface area contributed by atoms with Gasteiger partial charge in [-0.05, 0) is 24.5 Å².